The van der Waals surface area contributed by atoms with Crippen LogP contribution in [-0.4, -0.2) is 16.6 Å². The zero-order chi connectivity index (χ0) is 10.7. The van der Waals surface area contributed by atoms with Crippen LogP contribution in [-0.2, 0) is 0 Å². The van der Waals surface area contributed by atoms with Gasteiger partial charge in [-0.25, -0.2) is 0 Å². The molecule has 1 N–H and O–H groups in total. The molecule has 0 amide bonds. The lowest BCUT2D eigenvalue weighted by molar-refractivity contribution is -0.385. The summed E-state index contributed by atoms with van der Waals surface area (Å²) >= 11 is 5.67. The summed E-state index contributed by atoms with van der Waals surface area (Å²) < 4.78 is 5.00. The van der Waals surface area contributed by atoms with E-state index in [0.717, 1.165) is 6.07 Å². The average Bonchev–Trinajstić information content (AvgIpc) is 2.09. The molecule has 0 radical (unpaired) electrons. The van der Waals surface area contributed by atoms with Crippen LogP contribution in [0.25, 0.3) is 0 Å². The first-order valence-electron chi connectivity index (χ1n) is 3.86. The van der Waals surface area contributed by atoms with Gasteiger partial charge in [0.2, 0.25) is 5.75 Å². The minimum Gasteiger partial charge on any atom is -0.508 e. The van der Waals surface area contributed by atoms with Crippen molar-refractivity contribution in [1.82, 2.24) is 0 Å². The molecule has 0 unspecified atom stereocenters. The van der Waals surface area contributed by atoms with Crippen LogP contribution in [0.4, 0.5) is 5.69 Å². The Morgan fingerprint density at radius 1 is 1.64 bits per heavy atom. The number of nitrogens with zero attached hydrogens (tertiary/aromatic N) is 1. The molecule has 0 heterocycles. The van der Waals surface area contributed by atoms with Gasteiger partial charge < -0.3 is 9.84 Å². The Kier molecular flexibility index (Phi) is 3.14. The summed E-state index contributed by atoms with van der Waals surface area (Å²) in [7, 11) is 0. The zero-order valence-corrected chi connectivity index (χ0v) is 8.11. The van der Waals surface area contributed by atoms with Gasteiger partial charge >= 0.3 is 5.69 Å². The van der Waals surface area contributed by atoms with Gasteiger partial charge in [-0.05, 0) is 6.92 Å². The third kappa shape index (κ3) is 2.05. The van der Waals surface area contributed by atoms with Crippen LogP contribution in [0.15, 0.2) is 12.1 Å². The predicted molar refractivity (Wildman–Crippen MR) is 50.9 cm³/mol. The highest BCUT2D eigenvalue weighted by Gasteiger charge is 2.19. The van der Waals surface area contributed by atoms with Crippen LogP contribution in [0, 0.1) is 10.1 Å². The van der Waals surface area contributed by atoms with Crippen molar-refractivity contribution < 1.29 is 14.8 Å². The van der Waals surface area contributed by atoms with Crippen LogP contribution < -0.4 is 4.74 Å². The zero-order valence-electron chi connectivity index (χ0n) is 7.36. The highest BCUT2D eigenvalue weighted by molar-refractivity contribution is 6.32. The van der Waals surface area contributed by atoms with Gasteiger partial charge in [0.15, 0.2) is 0 Å². The molecular formula is C8H8ClNO4. The second-order valence-corrected chi connectivity index (χ2v) is 2.87. The maximum absolute atomic E-state index is 10.6. The fourth-order valence-corrected chi connectivity index (χ4v) is 1.25. The van der Waals surface area contributed by atoms with Crippen LogP contribution >= 0.6 is 11.6 Å². The van der Waals surface area contributed by atoms with Crippen LogP contribution in [0.2, 0.25) is 5.02 Å². The van der Waals surface area contributed by atoms with Gasteiger partial charge in [0.25, 0.3) is 0 Å². The third-order valence-corrected chi connectivity index (χ3v) is 1.77. The van der Waals surface area contributed by atoms with Gasteiger partial charge in [0.1, 0.15) is 5.75 Å². The first kappa shape index (κ1) is 10.6. The Bertz CT molecular complexity index is 367. The molecule has 1 aromatic rings. The second-order valence-electron chi connectivity index (χ2n) is 2.47. The van der Waals surface area contributed by atoms with E-state index in [-0.39, 0.29) is 28.8 Å². The fourth-order valence-electron chi connectivity index (χ4n) is 0.988. The molecule has 0 fully saturated rings. The lowest BCUT2D eigenvalue weighted by Crippen LogP contribution is -1.98. The predicted octanol–water partition coefficient (Wildman–Crippen LogP) is 2.35. The lowest BCUT2D eigenvalue weighted by atomic mass is 10.3. The Balaban J connectivity index is 3.28. The maximum Gasteiger partial charge on any atom is 0.316 e. The molecule has 0 saturated heterocycles. The number of hydrogen-bond acceptors (Lipinski definition) is 4. The summed E-state index contributed by atoms with van der Waals surface area (Å²) in [4.78, 5) is 9.90. The van der Waals surface area contributed by atoms with Gasteiger partial charge in [-0.15, -0.1) is 0 Å². The van der Waals surface area contributed by atoms with Gasteiger partial charge in [-0.2, -0.15) is 0 Å². The lowest BCUT2D eigenvalue weighted by Gasteiger charge is -2.06. The second kappa shape index (κ2) is 4.15. The number of nitro groups is 1. The number of benzene rings is 1. The molecule has 0 saturated carbocycles. The van der Waals surface area contributed by atoms with Crippen LogP contribution in [0.5, 0.6) is 11.5 Å². The van der Waals surface area contributed by atoms with Crippen molar-refractivity contribution in [2.75, 3.05) is 6.61 Å². The molecule has 6 heteroatoms. The first-order valence-corrected chi connectivity index (χ1v) is 4.23. The quantitative estimate of drug-likeness (QED) is 0.623. The normalized spacial score (nSPS) is 9.86. The summed E-state index contributed by atoms with van der Waals surface area (Å²) in [5.74, 6) is -0.276. The summed E-state index contributed by atoms with van der Waals surface area (Å²) in [6, 6.07) is 2.19. The van der Waals surface area contributed by atoms with E-state index in [4.69, 9.17) is 21.4 Å². The summed E-state index contributed by atoms with van der Waals surface area (Å²) in [6.45, 7) is 1.96. The number of aromatic hydroxyl groups is 1. The van der Waals surface area contributed by atoms with E-state index in [1.165, 1.54) is 6.07 Å². The summed E-state index contributed by atoms with van der Waals surface area (Å²) in [5, 5.41) is 19.7. The molecule has 1 aromatic carbocycles. The molecule has 0 bridgehead atoms. The molecule has 0 aliphatic carbocycles. The monoisotopic (exact) mass is 217 g/mol. The number of halogens is 1. The summed E-state index contributed by atoms with van der Waals surface area (Å²) in [5.41, 5.74) is -0.336. The highest BCUT2D eigenvalue weighted by atomic mass is 35.5. The van der Waals surface area contributed by atoms with Crippen LogP contribution in [0.3, 0.4) is 0 Å². The van der Waals surface area contributed by atoms with Crippen molar-refractivity contribution in [3.05, 3.63) is 27.3 Å². The van der Waals surface area contributed by atoms with E-state index < -0.39 is 4.92 Å². The van der Waals surface area contributed by atoms with Crippen molar-refractivity contribution in [1.29, 1.82) is 0 Å². The van der Waals surface area contributed by atoms with E-state index >= 15 is 0 Å². The van der Waals surface area contributed by atoms with E-state index in [1.54, 1.807) is 6.92 Å². The number of nitro benzene ring substituents is 1. The van der Waals surface area contributed by atoms with E-state index in [9.17, 15) is 10.1 Å². The van der Waals surface area contributed by atoms with Crippen molar-refractivity contribution in [2.45, 2.75) is 6.92 Å². The van der Waals surface area contributed by atoms with E-state index in [2.05, 4.69) is 0 Å². The molecule has 76 valence electrons. The number of ether oxygens (including phenoxy) is 1. The van der Waals surface area contributed by atoms with E-state index in [0.29, 0.717) is 0 Å². The fraction of sp³-hybridized carbons (Fsp3) is 0.250. The van der Waals surface area contributed by atoms with Gasteiger partial charge in [0, 0.05) is 6.07 Å². The molecule has 14 heavy (non-hydrogen) atoms. The first-order chi connectivity index (χ1) is 6.56. The van der Waals surface area contributed by atoms with Crippen molar-refractivity contribution >= 4 is 17.3 Å². The number of phenols is 1. The topological polar surface area (TPSA) is 72.6 Å². The minimum absolute atomic E-state index is 0.0167. The average molecular weight is 218 g/mol. The summed E-state index contributed by atoms with van der Waals surface area (Å²) in [6.07, 6.45) is 0. The van der Waals surface area contributed by atoms with Crippen molar-refractivity contribution in [3.8, 4) is 11.5 Å². The number of phenolic OH excluding ortho intramolecular Hbond substituents is 1. The highest BCUT2D eigenvalue weighted by Crippen LogP contribution is 2.38. The maximum atomic E-state index is 10.6. The molecule has 0 spiro atoms. The van der Waals surface area contributed by atoms with Gasteiger partial charge in [-0.1, -0.05) is 11.6 Å². The molecule has 0 atom stereocenters. The third-order valence-electron chi connectivity index (χ3n) is 1.49. The Labute approximate surface area is 85.0 Å². The van der Waals surface area contributed by atoms with E-state index in [1.807, 2.05) is 0 Å². The molecule has 0 aliphatic rings. The van der Waals surface area contributed by atoms with Gasteiger partial charge in [0.05, 0.1) is 22.6 Å². The van der Waals surface area contributed by atoms with Gasteiger partial charge in [-0.3, -0.25) is 10.1 Å². The molecule has 5 nitrogen and oxygen atoms in total. The molecule has 1 rings (SSSR count). The smallest absolute Gasteiger partial charge is 0.316 e. The minimum atomic E-state index is -0.656. The van der Waals surface area contributed by atoms with Crippen molar-refractivity contribution in [2.24, 2.45) is 0 Å². The Morgan fingerprint density at radius 2 is 2.29 bits per heavy atom. The van der Waals surface area contributed by atoms with Crippen molar-refractivity contribution in [3.63, 3.8) is 0 Å². The number of rotatable bonds is 3. The standard InChI is InChI=1S/C8H8ClNO4/c1-2-14-8-6(9)3-5(11)4-7(8)10(12)13/h3-4,11H,2H2,1H3. The molecule has 0 aromatic heterocycles. The SMILES string of the molecule is CCOc1c(Cl)cc(O)cc1[N+](=O)[O-]. The molecular weight excluding hydrogens is 210 g/mol. The molecule has 0 aliphatic heterocycles. The number of hydrogen-bond donors (Lipinski definition) is 1. The Hall–Kier alpha value is -1.49. The van der Waals surface area contributed by atoms with Crippen LogP contribution in [0.1, 0.15) is 6.92 Å². The largest absolute Gasteiger partial charge is 0.508 e. The Morgan fingerprint density at radius 3 is 2.79 bits per heavy atom.